The van der Waals surface area contributed by atoms with Gasteiger partial charge < -0.3 is 14.8 Å². The second-order valence-electron chi connectivity index (χ2n) is 3.35. The highest BCUT2D eigenvalue weighted by Gasteiger charge is 2.32. The molecule has 0 bridgehead atoms. The van der Waals surface area contributed by atoms with E-state index in [2.05, 4.69) is 9.72 Å². The summed E-state index contributed by atoms with van der Waals surface area (Å²) < 4.78 is 18.0. The molecular weight excluding hydrogens is 201 g/mol. The van der Waals surface area contributed by atoms with Gasteiger partial charge >= 0.3 is 5.97 Å². The van der Waals surface area contributed by atoms with Crippen LogP contribution >= 0.6 is 0 Å². The van der Waals surface area contributed by atoms with Gasteiger partial charge in [0.05, 0.1) is 10.9 Å². The van der Waals surface area contributed by atoms with Crippen LogP contribution in [0.15, 0.2) is 18.3 Å². The fourth-order valence-electron chi connectivity index (χ4n) is 1.85. The van der Waals surface area contributed by atoms with Crippen molar-refractivity contribution in [1.29, 1.82) is 0 Å². The lowest BCUT2D eigenvalue weighted by molar-refractivity contribution is -0.0547. The monoisotopic (exact) mass is 207 g/mol. The number of H-pyrrole nitrogens is 1. The van der Waals surface area contributed by atoms with Gasteiger partial charge in [0, 0.05) is 17.3 Å². The summed E-state index contributed by atoms with van der Waals surface area (Å²) in [5.41, 5.74) is 0.932. The smallest absolute Gasteiger partial charge is 0.342 e. The summed E-state index contributed by atoms with van der Waals surface area (Å²) in [7, 11) is 0. The number of hydrogen-bond donors (Lipinski definition) is 2. The summed E-state index contributed by atoms with van der Waals surface area (Å²) in [4.78, 5) is 14.1. The van der Waals surface area contributed by atoms with Crippen LogP contribution in [0.3, 0.4) is 0 Å². The molecule has 0 fully saturated rings. The topological polar surface area (TPSA) is 62.3 Å². The predicted octanol–water partition coefficient (Wildman–Crippen LogP) is 1.47. The first-order chi connectivity index (χ1) is 7.18. The maximum Gasteiger partial charge on any atom is 0.342 e. The van der Waals surface area contributed by atoms with Gasteiger partial charge in [-0.15, -0.1) is 0 Å². The van der Waals surface area contributed by atoms with Crippen molar-refractivity contribution < 1.29 is 19.0 Å². The largest absolute Gasteiger partial charge is 0.428 e. The molecule has 1 aromatic carbocycles. The second kappa shape index (κ2) is 2.58. The first-order valence-electron chi connectivity index (χ1n) is 4.37. The molecule has 1 aliphatic heterocycles. The third-order valence-electron chi connectivity index (χ3n) is 2.52. The lowest BCUT2D eigenvalue weighted by Gasteiger charge is -2.00. The Kier molecular flexibility index (Phi) is 1.45. The number of cyclic esters (lactones) is 1. The van der Waals surface area contributed by atoms with Gasteiger partial charge in [0.15, 0.2) is 0 Å². The standard InChI is InChI=1S/C10H6FNO3/c11-5-3-12-6-2-1-4-7(8(5)6)10(14)15-9(4)13/h1-3,9,12-13H. The minimum atomic E-state index is -1.29. The highest BCUT2D eigenvalue weighted by atomic mass is 19.1. The maximum atomic E-state index is 13.4. The molecule has 1 aromatic heterocycles. The number of carbonyl (C=O) groups is 1. The van der Waals surface area contributed by atoms with E-state index in [0.717, 1.165) is 0 Å². The van der Waals surface area contributed by atoms with Crippen LogP contribution in [0.1, 0.15) is 22.2 Å². The molecule has 0 radical (unpaired) electrons. The van der Waals surface area contributed by atoms with Crippen LogP contribution in [0.4, 0.5) is 4.39 Å². The number of fused-ring (bicyclic) bond motifs is 3. The lowest BCUT2D eigenvalue weighted by atomic mass is 10.0. The van der Waals surface area contributed by atoms with Crippen LogP contribution in [-0.4, -0.2) is 16.1 Å². The maximum absolute atomic E-state index is 13.4. The first-order valence-corrected chi connectivity index (χ1v) is 4.37. The Bertz CT molecular complexity index is 575. The minimum absolute atomic E-state index is 0.110. The minimum Gasteiger partial charge on any atom is -0.428 e. The van der Waals surface area contributed by atoms with Crippen molar-refractivity contribution in [2.45, 2.75) is 6.29 Å². The average molecular weight is 207 g/mol. The Morgan fingerprint density at radius 3 is 3.07 bits per heavy atom. The molecule has 1 aliphatic rings. The van der Waals surface area contributed by atoms with E-state index in [0.29, 0.717) is 11.1 Å². The van der Waals surface area contributed by atoms with Gasteiger partial charge in [-0.2, -0.15) is 0 Å². The van der Waals surface area contributed by atoms with E-state index < -0.39 is 18.1 Å². The molecule has 0 aliphatic carbocycles. The van der Waals surface area contributed by atoms with Crippen molar-refractivity contribution >= 4 is 16.9 Å². The molecule has 2 N–H and O–H groups in total. The summed E-state index contributed by atoms with van der Waals surface area (Å²) >= 11 is 0. The lowest BCUT2D eigenvalue weighted by Crippen LogP contribution is -1.96. The summed E-state index contributed by atoms with van der Waals surface area (Å²) in [6.45, 7) is 0. The normalized spacial score (nSPS) is 19.3. The highest BCUT2D eigenvalue weighted by molar-refractivity contribution is 6.07. The predicted molar refractivity (Wildman–Crippen MR) is 48.6 cm³/mol. The van der Waals surface area contributed by atoms with E-state index in [9.17, 15) is 14.3 Å². The molecule has 1 unspecified atom stereocenters. The van der Waals surface area contributed by atoms with E-state index in [1.807, 2.05) is 0 Å². The van der Waals surface area contributed by atoms with E-state index in [4.69, 9.17) is 0 Å². The number of aliphatic hydroxyl groups excluding tert-OH is 1. The second-order valence-corrected chi connectivity index (χ2v) is 3.35. The molecule has 2 heterocycles. The van der Waals surface area contributed by atoms with Crippen LogP contribution in [-0.2, 0) is 4.74 Å². The van der Waals surface area contributed by atoms with Crippen molar-refractivity contribution in [2.75, 3.05) is 0 Å². The van der Waals surface area contributed by atoms with Gasteiger partial charge in [-0.05, 0) is 12.1 Å². The first kappa shape index (κ1) is 8.43. The Morgan fingerprint density at radius 1 is 1.47 bits per heavy atom. The van der Waals surface area contributed by atoms with E-state index >= 15 is 0 Å². The summed E-state index contributed by atoms with van der Waals surface area (Å²) in [6, 6.07) is 3.14. The number of halogens is 1. The Balaban J connectivity index is 2.48. The van der Waals surface area contributed by atoms with Crippen molar-refractivity contribution in [2.24, 2.45) is 0 Å². The number of aromatic nitrogens is 1. The molecule has 0 amide bonds. The van der Waals surface area contributed by atoms with E-state index in [-0.39, 0.29) is 10.9 Å². The molecule has 5 heteroatoms. The Labute approximate surface area is 83.3 Å². The molecule has 2 aromatic rings. The number of ether oxygens (including phenoxy) is 1. The number of benzene rings is 1. The van der Waals surface area contributed by atoms with Gasteiger partial charge in [0.2, 0.25) is 6.29 Å². The van der Waals surface area contributed by atoms with E-state index in [1.54, 1.807) is 12.1 Å². The summed E-state index contributed by atoms with van der Waals surface area (Å²) in [5, 5.41) is 9.54. The van der Waals surface area contributed by atoms with Gasteiger partial charge in [-0.3, -0.25) is 0 Å². The van der Waals surface area contributed by atoms with Crippen LogP contribution in [0.25, 0.3) is 10.9 Å². The molecular formula is C10H6FNO3. The number of rotatable bonds is 0. The number of carbonyl (C=O) groups excluding carboxylic acids is 1. The number of nitrogens with one attached hydrogen (secondary N) is 1. The van der Waals surface area contributed by atoms with Gasteiger partial charge in [0.25, 0.3) is 0 Å². The number of esters is 1. The number of aliphatic hydroxyl groups is 1. The number of aromatic amines is 1. The quantitative estimate of drug-likeness (QED) is 0.643. The molecule has 3 rings (SSSR count). The van der Waals surface area contributed by atoms with Crippen LogP contribution in [0.2, 0.25) is 0 Å². The molecule has 0 saturated carbocycles. The fraction of sp³-hybridized carbons (Fsp3) is 0.100. The van der Waals surface area contributed by atoms with Crippen molar-refractivity contribution in [3.63, 3.8) is 0 Å². The SMILES string of the molecule is O=C1OC(O)c2ccc3[nH]cc(F)c3c21. The van der Waals surface area contributed by atoms with Crippen molar-refractivity contribution in [1.82, 2.24) is 4.98 Å². The molecule has 1 atom stereocenters. The van der Waals surface area contributed by atoms with Gasteiger partial charge in [0.1, 0.15) is 5.82 Å². The van der Waals surface area contributed by atoms with E-state index in [1.165, 1.54) is 6.20 Å². The highest BCUT2D eigenvalue weighted by Crippen LogP contribution is 2.34. The summed E-state index contributed by atoms with van der Waals surface area (Å²) in [5.74, 6) is -1.21. The fourth-order valence-corrected chi connectivity index (χ4v) is 1.85. The Morgan fingerprint density at radius 2 is 2.27 bits per heavy atom. The third kappa shape index (κ3) is 0.951. The Hall–Kier alpha value is -1.88. The molecule has 15 heavy (non-hydrogen) atoms. The van der Waals surface area contributed by atoms with Crippen LogP contribution in [0.5, 0.6) is 0 Å². The van der Waals surface area contributed by atoms with Crippen LogP contribution in [0, 0.1) is 5.82 Å². The average Bonchev–Trinajstić information content (AvgIpc) is 2.70. The zero-order chi connectivity index (χ0) is 10.6. The molecule has 76 valence electrons. The van der Waals surface area contributed by atoms with Crippen LogP contribution < -0.4 is 0 Å². The van der Waals surface area contributed by atoms with Gasteiger partial charge in [-0.1, -0.05) is 0 Å². The number of hydrogen-bond acceptors (Lipinski definition) is 3. The summed E-state index contributed by atoms with van der Waals surface area (Å²) in [6.07, 6.45) is -0.116. The zero-order valence-electron chi connectivity index (χ0n) is 7.45. The van der Waals surface area contributed by atoms with Crippen molar-refractivity contribution in [3.8, 4) is 0 Å². The third-order valence-corrected chi connectivity index (χ3v) is 2.52. The molecule has 4 nitrogen and oxygen atoms in total. The molecule has 0 saturated heterocycles. The zero-order valence-corrected chi connectivity index (χ0v) is 7.45. The van der Waals surface area contributed by atoms with Crippen molar-refractivity contribution in [3.05, 3.63) is 35.3 Å². The van der Waals surface area contributed by atoms with Gasteiger partial charge in [-0.25, -0.2) is 9.18 Å². The molecule has 0 spiro atoms.